The summed E-state index contributed by atoms with van der Waals surface area (Å²) >= 11 is 0. The number of carboxylic acids is 1. The lowest BCUT2D eigenvalue weighted by Gasteiger charge is -2.40. The number of unbranched alkanes of at least 4 members (excludes halogenated alkanes) is 31. The number of esters is 3. The lowest BCUT2D eigenvalue weighted by atomic mass is 9.98. The van der Waals surface area contributed by atoms with Crippen molar-refractivity contribution in [3.05, 3.63) is 72.9 Å². The van der Waals surface area contributed by atoms with Gasteiger partial charge in [-0.3, -0.25) is 14.4 Å². The number of hydrogen-bond acceptors (Lipinski definition) is 11. The molecule has 0 aromatic heterocycles. The Kier molecular flexibility index (Phi) is 52.6. The van der Waals surface area contributed by atoms with Gasteiger partial charge in [-0.2, -0.15) is 0 Å². The van der Waals surface area contributed by atoms with E-state index >= 15 is 0 Å². The van der Waals surface area contributed by atoms with E-state index in [1.165, 1.54) is 167 Å². The third-order valence-corrected chi connectivity index (χ3v) is 14.8. The van der Waals surface area contributed by atoms with Gasteiger partial charge in [0.05, 0.1) is 13.0 Å². The summed E-state index contributed by atoms with van der Waals surface area (Å²) in [6, 6.07) is 0. The van der Waals surface area contributed by atoms with Crippen LogP contribution in [0.15, 0.2) is 72.9 Å². The van der Waals surface area contributed by atoms with Gasteiger partial charge in [0, 0.05) is 12.8 Å². The van der Waals surface area contributed by atoms with E-state index in [0.29, 0.717) is 19.3 Å². The van der Waals surface area contributed by atoms with Gasteiger partial charge in [-0.1, -0.05) is 273 Å². The Morgan fingerprint density at radius 3 is 1.23 bits per heavy atom. The fraction of sp³-hybridized carbons (Fsp3) is 0.768. The molecule has 1 aliphatic rings. The van der Waals surface area contributed by atoms with Crippen LogP contribution in [0.5, 0.6) is 0 Å². The molecule has 0 aromatic rings. The molecule has 0 spiro atoms. The van der Waals surface area contributed by atoms with Crippen molar-refractivity contribution in [2.75, 3.05) is 13.2 Å². The zero-order valence-corrected chi connectivity index (χ0v) is 51.5. The number of allylic oxidation sites excluding steroid dienone is 11. The SMILES string of the molecule is CC/C=C\C/C=C\C/C=C\C/C=C\C/C=C\CC(=O)OC1C(OCC(COC(=O)CCCCCCCCCCC/C=C\CCCCCCCC)OC(=O)CCCCCCCCCCCCCCCCCCC)OC(C(=O)O)C(O)C1O. The molecule has 6 unspecified atom stereocenters. The highest BCUT2D eigenvalue weighted by Gasteiger charge is 2.50. The van der Waals surface area contributed by atoms with Crippen molar-refractivity contribution < 1.29 is 58.2 Å². The van der Waals surface area contributed by atoms with Gasteiger partial charge in [-0.05, 0) is 70.6 Å². The zero-order chi connectivity index (χ0) is 58.9. The average molecular weight is 1140 g/mol. The summed E-state index contributed by atoms with van der Waals surface area (Å²) in [7, 11) is 0. The molecule has 0 saturated carbocycles. The normalized spacial score (nSPS) is 18.2. The lowest BCUT2D eigenvalue weighted by molar-refractivity contribution is -0.301. The van der Waals surface area contributed by atoms with Crippen LogP contribution in [0.3, 0.4) is 0 Å². The number of aliphatic carboxylic acids is 1. The van der Waals surface area contributed by atoms with Gasteiger partial charge < -0.3 is 39.0 Å². The van der Waals surface area contributed by atoms with Crippen molar-refractivity contribution in [1.82, 2.24) is 0 Å². The van der Waals surface area contributed by atoms with E-state index in [-0.39, 0.29) is 25.9 Å². The first kappa shape index (κ1) is 75.2. The van der Waals surface area contributed by atoms with Crippen LogP contribution in [-0.4, -0.2) is 89.2 Å². The molecule has 1 heterocycles. The predicted molar refractivity (Wildman–Crippen MR) is 331 cm³/mol. The summed E-state index contributed by atoms with van der Waals surface area (Å²) in [5, 5.41) is 31.5. The first-order valence-electron chi connectivity index (χ1n) is 32.9. The van der Waals surface area contributed by atoms with Gasteiger partial charge in [0.2, 0.25) is 0 Å². The first-order chi connectivity index (χ1) is 39.6. The molecule has 1 saturated heterocycles. The van der Waals surface area contributed by atoms with Crippen molar-refractivity contribution in [3.63, 3.8) is 0 Å². The molecule has 0 aliphatic carbocycles. The average Bonchev–Trinajstić information content (AvgIpc) is 3.53. The summed E-state index contributed by atoms with van der Waals surface area (Å²) in [4.78, 5) is 51.3. The molecule has 0 amide bonds. The smallest absolute Gasteiger partial charge is 0.335 e. The Bertz CT molecular complexity index is 1680. The highest BCUT2D eigenvalue weighted by Crippen LogP contribution is 2.26. The van der Waals surface area contributed by atoms with E-state index in [1.807, 2.05) is 12.2 Å². The monoisotopic (exact) mass is 1140 g/mol. The van der Waals surface area contributed by atoms with E-state index < -0.39 is 67.3 Å². The van der Waals surface area contributed by atoms with Crippen molar-refractivity contribution in [1.29, 1.82) is 0 Å². The van der Waals surface area contributed by atoms with Crippen LogP contribution < -0.4 is 0 Å². The van der Waals surface area contributed by atoms with Crippen LogP contribution in [0, 0.1) is 0 Å². The summed E-state index contributed by atoms with van der Waals surface area (Å²) in [5.74, 6) is -3.26. The fourth-order valence-corrected chi connectivity index (χ4v) is 9.79. The molecule has 0 radical (unpaired) electrons. The standard InChI is InChI=1S/C69H118O12/c1-4-7-10-13-16-19-22-25-28-30-31-33-35-37-40-43-46-49-52-55-61(70)77-58-60(79-62(71)56-53-50-47-44-41-39-36-32-29-26-23-20-17-14-11-8-5-2)59-78-69-67(65(74)64(73)66(81-69)68(75)76)80-63(72)57-54-51-48-45-42-38-34-27-24-21-18-15-12-9-6-3/h9,12,18,21,25,27-28,34,42,45,51,54,60,64-67,69,73-74H,4-8,10-11,13-17,19-20,22-24,26,29-33,35-41,43-44,46-50,52-53,55-59H2,1-3H3,(H,75,76)/b12-9-,21-18-,28-25-,34-27-,45-42-,54-51-. The molecule has 0 bridgehead atoms. The van der Waals surface area contributed by atoms with Gasteiger partial charge in [0.25, 0.3) is 0 Å². The number of ether oxygens (including phenoxy) is 5. The van der Waals surface area contributed by atoms with Crippen LogP contribution in [0.25, 0.3) is 0 Å². The molecule has 6 atom stereocenters. The highest BCUT2D eigenvalue weighted by molar-refractivity contribution is 5.74. The number of hydrogen-bond donors (Lipinski definition) is 3. The number of carbonyl (C=O) groups is 4. The second kappa shape index (κ2) is 56.6. The maximum Gasteiger partial charge on any atom is 0.335 e. The van der Waals surface area contributed by atoms with E-state index in [1.54, 1.807) is 12.2 Å². The summed E-state index contributed by atoms with van der Waals surface area (Å²) < 4.78 is 28.4. The molecule has 1 rings (SSSR count). The van der Waals surface area contributed by atoms with Crippen molar-refractivity contribution in [2.24, 2.45) is 0 Å². The summed E-state index contributed by atoms with van der Waals surface area (Å²) in [6.45, 7) is 5.87. The minimum Gasteiger partial charge on any atom is -0.479 e. The molecular weight excluding hydrogens is 1020 g/mol. The van der Waals surface area contributed by atoms with Crippen LogP contribution in [0.2, 0.25) is 0 Å². The zero-order valence-electron chi connectivity index (χ0n) is 51.5. The number of aliphatic hydroxyl groups excluding tert-OH is 2. The van der Waals surface area contributed by atoms with E-state index in [9.17, 15) is 34.5 Å². The van der Waals surface area contributed by atoms with E-state index in [2.05, 4.69) is 69.4 Å². The molecule has 1 fully saturated rings. The quantitative estimate of drug-likeness (QED) is 0.0228. The third-order valence-electron chi connectivity index (χ3n) is 14.8. The molecular formula is C69H118O12. The molecule has 466 valence electrons. The highest BCUT2D eigenvalue weighted by atomic mass is 16.7. The van der Waals surface area contributed by atoms with Crippen molar-refractivity contribution >= 4 is 23.9 Å². The summed E-state index contributed by atoms with van der Waals surface area (Å²) in [5.41, 5.74) is 0. The van der Waals surface area contributed by atoms with Crippen molar-refractivity contribution in [2.45, 2.75) is 327 Å². The van der Waals surface area contributed by atoms with Gasteiger partial charge >= 0.3 is 23.9 Å². The largest absolute Gasteiger partial charge is 0.479 e. The number of aliphatic hydroxyl groups is 2. The Balaban J connectivity index is 2.68. The second-order valence-electron chi connectivity index (χ2n) is 22.4. The minimum atomic E-state index is -1.94. The third kappa shape index (κ3) is 46.3. The maximum absolute atomic E-state index is 13.2. The topological polar surface area (TPSA) is 175 Å². The predicted octanol–water partition coefficient (Wildman–Crippen LogP) is 17.7. The van der Waals surface area contributed by atoms with Crippen LogP contribution in [0.4, 0.5) is 0 Å². The van der Waals surface area contributed by atoms with Crippen LogP contribution in [0.1, 0.15) is 290 Å². The Labute approximate surface area is 493 Å². The van der Waals surface area contributed by atoms with Gasteiger partial charge in [-0.25, -0.2) is 4.79 Å². The molecule has 12 nitrogen and oxygen atoms in total. The van der Waals surface area contributed by atoms with E-state index in [4.69, 9.17) is 23.7 Å². The molecule has 81 heavy (non-hydrogen) atoms. The lowest BCUT2D eigenvalue weighted by Crippen LogP contribution is -2.61. The van der Waals surface area contributed by atoms with Crippen LogP contribution in [-0.2, 0) is 42.9 Å². The minimum absolute atomic E-state index is 0.154. The molecule has 3 N–H and O–H groups in total. The number of carboxylic acid groups (broad SMARTS) is 1. The Morgan fingerprint density at radius 1 is 0.432 bits per heavy atom. The molecule has 12 heteroatoms. The first-order valence-corrected chi connectivity index (χ1v) is 32.9. The Hall–Kier alpha value is -3.84. The second-order valence-corrected chi connectivity index (χ2v) is 22.4. The number of rotatable bonds is 56. The number of carbonyl (C=O) groups excluding carboxylic acids is 3. The fourth-order valence-electron chi connectivity index (χ4n) is 9.79. The van der Waals surface area contributed by atoms with Gasteiger partial charge in [-0.15, -0.1) is 0 Å². The maximum atomic E-state index is 13.2. The molecule has 0 aromatic carbocycles. The van der Waals surface area contributed by atoms with E-state index in [0.717, 1.165) is 64.2 Å². The van der Waals surface area contributed by atoms with Gasteiger partial charge in [0.1, 0.15) is 18.8 Å². The summed E-state index contributed by atoms with van der Waals surface area (Å²) in [6.07, 6.45) is 60.3. The van der Waals surface area contributed by atoms with Crippen molar-refractivity contribution in [3.8, 4) is 0 Å². The Morgan fingerprint density at radius 2 is 0.815 bits per heavy atom. The molecule has 1 aliphatic heterocycles. The van der Waals surface area contributed by atoms with Crippen LogP contribution >= 0.6 is 0 Å². The van der Waals surface area contributed by atoms with Gasteiger partial charge in [0.15, 0.2) is 24.6 Å².